The zero-order chi connectivity index (χ0) is 28.4. The molecule has 2 aromatic rings. The summed E-state index contributed by atoms with van der Waals surface area (Å²) in [6, 6.07) is 5.38. The van der Waals surface area contributed by atoms with E-state index in [2.05, 4.69) is 5.32 Å². The molecule has 1 aromatic heterocycles. The minimum atomic E-state index is -1.16. The number of nitrogens with one attached hydrogen (secondary N) is 1. The Bertz CT molecular complexity index is 1220. The molecule has 218 valence electrons. The fourth-order valence-electron chi connectivity index (χ4n) is 7.24. The molecule has 40 heavy (non-hydrogen) atoms. The number of alkyl halides is 1. The number of hydrogen-bond acceptors (Lipinski definition) is 6. The Morgan fingerprint density at radius 2 is 1.82 bits per heavy atom. The molecule has 3 atom stereocenters. The van der Waals surface area contributed by atoms with E-state index in [0.717, 1.165) is 44.9 Å². The van der Waals surface area contributed by atoms with Crippen molar-refractivity contribution >= 4 is 34.4 Å². The number of likely N-dealkylation sites (tertiary alicyclic amines) is 1. The number of carbonyl (C=O) groups is 3. The SMILES string of the molecule is COC1CCC([C@@H]2CCN(C(=O)C3CCC(C(N)CF)CC3)[C@@H]2C(=O)Nc2ccc3oc(C(=O)O)cc3c2)CC1. The highest BCUT2D eigenvalue weighted by atomic mass is 19.1. The molecule has 2 aliphatic carbocycles. The molecule has 5 rings (SSSR count). The van der Waals surface area contributed by atoms with Gasteiger partial charge in [-0.3, -0.25) is 9.59 Å². The first-order valence-corrected chi connectivity index (χ1v) is 14.5. The quantitative estimate of drug-likeness (QED) is 0.432. The van der Waals surface area contributed by atoms with E-state index in [1.165, 1.54) is 6.07 Å². The normalized spacial score (nSPS) is 29.8. The molecule has 3 aliphatic rings. The average molecular weight is 558 g/mol. The van der Waals surface area contributed by atoms with E-state index in [4.69, 9.17) is 14.9 Å². The highest BCUT2D eigenvalue weighted by Crippen LogP contribution is 2.42. The molecule has 10 heteroatoms. The van der Waals surface area contributed by atoms with Gasteiger partial charge in [-0.25, -0.2) is 9.18 Å². The topological polar surface area (TPSA) is 135 Å². The molecule has 4 N–H and O–H groups in total. The van der Waals surface area contributed by atoms with Crippen molar-refractivity contribution in [1.82, 2.24) is 4.90 Å². The number of anilines is 1. The van der Waals surface area contributed by atoms with Gasteiger partial charge >= 0.3 is 5.97 Å². The number of nitrogens with zero attached hydrogens (tertiary/aromatic N) is 1. The van der Waals surface area contributed by atoms with Crippen LogP contribution in [0.1, 0.15) is 68.3 Å². The number of ether oxygens (including phenoxy) is 1. The zero-order valence-electron chi connectivity index (χ0n) is 23.0. The largest absolute Gasteiger partial charge is 0.475 e. The van der Waals surface area contributed by atoms with Crippen LogP contribution in [0.4, 0.5) is 10.1 Å². The van der Waals surface area contributed by atoms with Crippen molar-refractivity contribution in [3.05, 3.63) is 30.0 Å². The first-order valence-electron chi connectivity index (χ1n) is 14.5. The molecule has 2 heterocycles. The third-order valence-electron chi connectivity index (χ3n) is 9.55. The molecule has 3 fully saturated rings. The maximum Gasteiger partial charge on any atom is 0.371 e. The third kappa shape index (κ3) is 5.88. The number of carboxylic acids is 1. The van der Waals surface area contributed by atoms with E-state index in [9.17, 15) is 23.9 Å². The minimum absolute atomic E-state index is 0.0110. The van der Waals surface area contributed by atoms with E-state index >= 15 is 0 Å². The maximum atomic E-state index is 13.9. The van der Waals surface area contributed by atoms with E-state index in [1.807, 2.05) is 0 Å². The Balaban J connectivity index is 1.34. The second-order valence-electron chi connectivity index (χ2n) is 11.8. The van der Waals surface area contributed by atoms with E-state index < -0.39 is 24.7 Å². The van der Waals surface area contributed by atoms with Gasteiger partial charge in [0.25, 0.3) is 0 Å². The number of rotatable bonds is 8. The van der Waals surface area contributed by atoms with Crippen LogP contribution in [0, 0.1) is 23.7 Å². The first-order chi connectivity index (χ1) is 19.3. The van der Waals surface area contributed by atoms with Gasteiger partial charge in [-0.2, -0.15) is 0 Å². The highest BCUT2D eigenvalue weighted by Gasteiger charge is 2.47. The maximum absolute atomic E-state index is 13.9. The first kappa shape index (κ1) is 28.5. The Morgan fingerprint density at radius 3 is 2.48 bits per heavy atom. The number of hydrogen-bond donors (Lipinski definition) is 3. The lowest BCUT2D eigenvalue weighted by Crippen LogP contribution is -2.50. The van der Waals surface area contributed by atoms with Gasteiger partial charge in [0.2, 0.25) is 17.6 Å². The molecular weight excluding hydrogens is 517 g/mol. The lowest BCUT2D eigenvalue weighted by molar-refractivity contribution is -0.142. The molecule has 0 bridgehead atoms. The van der Waals surface area contributed by atoms with Gasteiger partial charge in [-0.1, -0.05) is 0 Å². The van der Waals surface area contributed by atoms with Crippen molar-refractivity contribution in [2.45, 2.75) is 76.0 Å². The number of nitrogens with two attached hydrogens (primary N) is 1. The van der Waals surface area contributed by atoms with E-state index in [1.54, 1.807) is 30.2 Å². The predicted octanol–water partition coefficient (Wildman–Crippen LogP) is 4.60. The lowest BCUT2D eigenvalue weighted by atomic mass is 9.75. The number of fused-ring (bicyclic) bond motifs is 1. The van der Waals surface area contributed by atoms with Crippen molar-refractivity contribution in [1.29, 1.82) is 0 Å². The molecule has 1 unspecified atom stereocenters. The highest BCUT2D eigenvalue weighted by molar-refractivity contribution is 6.00. The molecule has 0 radical (unpaired) electrons. The average Bonchev–Trinajstić information content (AvgIpc) is 3.61. The van der Waals surface area contributed by atoms with Gasteiger partial charge in [0.1, 0.15) is 18.3 Å². The minimum Gasteiger partial charge on any atom is -0.475 e. The summed E-state index contributed by atoms with van der Waals surface area (Å²) >= 11 is 0. The second-order valence-corrected chi connectivity index (χ2v) is 11.8. The summed E-state index contributed by atoms with van der Waals surface area (Å²) in [5, 5.41) is 12.8. The number of halogens is 1. The number of aromatic carboxylic acids is 1. The third-order valence-corrected chi connectivity index (χ3v) is 9.55. The number of carbonyl (C=O) groups excluding carboxylic acids is 2. The Kier molecular flexibility index (Phi) is 8.75. The van der Waals surface area contributed by atoms with Crippen LogP contribution < -0.4 is 11.1 Å². The fourth-order valence-corrected chi connectivity index (χ4v) is 7.24. The van der Waals surface area contributed by atoms with Crippen molar-refractivity contribution in [2.24, 2.45) is 29.4 Å². The van der Waals surface area contributed by atoms with Gasteiger partial charge in [0.05, 0.1) is 6.10 Å². The number of furan rings is 1. The summed E-state index contributed by atoms with van der Waals surface area (Å²) in [6.07, 6.45) is 7.59. The van der Waals surface area contributed by atoms with Crippen LogP contribution in [0.5, 0.6) is 0 Å². The van der Waals surface area contributed by atoms with Crippen LogP contribution in [0.2, 0.25) is 0 Å². The lowest BCUT2D eigenvalue weighted by Gasteiger charge is -2.37. The van der Waals surface area contributed by atoms with Gasteiger partial charge in [0.15, 0.2) is 0 Å². The monoisotopic (exact) mass is 557 g/mol. The van der Waals surface area contributed by atoms with Crippen molar-refractivity contribution in [3.8, 4) is 0 Å². The van der Waals surface area contributed by atoms with Crippen molar-refractivity contribution < 1.29 is 33.0 Å². The number of methoxy groups -OCH3 is 1. The summed E-state index contributed by atoms with van der Waals surface area (Å²) < 4.78 is 24.0. The molecule has 1 aromatic carbocycles. The summed E-state index contributed by atoms with van der Waals surface area (Å²) in [5.74, 6) is -1.25. The molecule has 2 amide bonds. The molecule has 2 saturated carbocycles. The number of amides is 2. The molecule has 9 nitrogen and oxygen atoms in total. The molecule has 1 saturated heterocycles. The van der Waals surface area contributed by atoms with Gasteiger partial charge in [-0.15, -0.1) is 0 Å². The smallest absolute Gasteiger partial charge is 0.371 e. The standard InChI is InChI=1S/C30H40FN3O6/c1-39-22-9-6-17(7-10-22)23-12-13-34(29(36)19-4-2-18(3-5-19)24(32)16-31)27(23)28(35)33-21-8-11-25-20(14-21)15-26(40-25)30(37)38/h8,11,14-15,17-19,22-24,27H,2-7,9-10,12-13,16,32H2,1H3,(H,33,35)(H,37,38)/t17?,18?,19?,22?,23-,24?,27-/m0/s1. The van der Waals surface area contributed by atoms with Crippen LogP contribution in [-0.4, -0.2) is 66.3 Å². The number of carboxylic acid groups (broad SMARTS) is 1. The van der Waals surface area contributed by atoms with Crippen molar-refractivity contribution in [3.63, 3.8) is 0 Å². The van der Waals surface area contributed by atoms with Crippen LogP contribution in [0.25, 0.3) is 11.0 Å². The summed E-state index contributed by atoms with van der Waals surface area (Å²) in [5.41, 5.74) is 6.88. The number of benzene rings is 1. The fraction of sp³-hybridized carbons (Fsp3) is 0.633. The molecule has 1 aliphatic heterocycles. The Hall–Kier alpha value is -2.98. The summed E-state index contributed by atoms with van der Waals surface area (Å²) in [7, 11) is 1.74. The second kappa shape index (κ2) is 12.3. The zero-order valence-corrected chi connectivity index (χ0v) is 23.0. The van der Waals surface area contributed by atoms with Crippen LogP contribution in [-0.2, 0) is 14.3 Å². The van der Waals surface area contributed by atoms with Gasteiger partial charge in [-0.05, 0) is 99.8 Å². The van der Waals surface area contributed by atoms with Crippen LogP contribution in [0.3, 0.4) is 0 Å². The Labute approximate surface area is 233 Å². The van der Waals surface area contributed by atoms with Gasteiger partial charge in [0, 0.05) is 36.7 Å². The summed E-state index contributed by atoms with van der Waals surface area (Å²) in [4.78, 5) is 40.8. The molecular formula is C30H40FN3O6. The van der Waals surface area contributed by atoms with E-state index in [0.29, 0.717) is 42.0 Å². The van der Waals surface area contributed by atoms with E-state index in [-0.39, 0.29) is 41.4 Å². The summed E-state index contributed by atoms with van der Waals surface area (Å²) in [6.45, 7) is -0.00860. The molecule has 0 spiro atoms. The van der Waals surface area contributed by atoms with Gasteiger partial charge < -0.3 is 30.2 Å². The van der Waals surface area contributed by atoms with Crippen molar-refractivity contribution in [2.75, 3.05) is 25.6 Å². The Morgan fingerprint density at radius 1 is 1.10 bits per heavy atom. The van der Waals surface area contributed by atoms with Crippen LogP contribution in [0.15, 0.2) is 28.7 Å². The predicted molar refractivity (Wildman–Crippen MR) is 148 cm³/mol. The van der Waals surface area contributed by atoms with Crippen LogP contribution >= 0.6 is 0 Å².